The Balaban J connectivity index is 1.49. The van der Waals surface area contributed by atoms with Crippen LogP contribution in [0.1, 0.15) is 35.4 Å². The highest BCUT2D eigenvalue weighted by atomic mass is 16.5. The van der Waals surface area contributed by atoms with Crippen molar-refractivity contribution in [2.24, 2.45) is 23.7 Å². The van der Waals surface area contributed by atoms with Gasteiger partial charge in [-0.1, -0.05) is 65.7 Å². The lowest BCUT2D eigenvalue weighted by Gasteiger charge is -2.50. The van der Waals surface area contributed by atoms with Gasteiger partial charge in [-0.3, -0.25) is 29.9 Å². The average Bonchev–Trinajstić information content (AvgIpc) is 3.42. The Morgan fingerprint density at radius 3 is 2.42 bits per heavy atom. The molecule has 43 heavy (non-hydrogen) atoms. The maximum atomic E-state index is 15.0. The number of benzene rings is 3. The fourth-order valence-corrected chi connectivity index (χ4v) is 7.94. The second-order valence-corrected chi connectivity index (χ2v) is 11.9. The third-order valence-electron chi connectivity index (χ3n) is 9.76. The first-order valence-corrected chi connectivity index (χ1v) is 14.4. The van der Waals surface area contributed by atoms with E-state index in [1.165, 1.54) is 19.2 Å². The summed E-state index contributed by atoms with van der Waals surface area (Å²) in [5.41, 5.74) is 5.42. The number of carbonyl (C=O) groups excluding carboxylic acids is 4. The van der Waals surface area contributed by atoms with Gasteiger partial charge in [-0.25, -0.2) is 0 Å². The fourth-order valence-electron chi connectivity index (χ4n) is 7.94. The normalized spacial score (nSPS) is 29.4. The van der Waals surface area contributed by atoms with Crippen LogP contribution in [0, 0.1) is 30.6 Å². The largest absolute Gasteiger partial charge is 0.508 e. The number of fused-ring (bicyclic) bond motifs is 4. The minimum atomic E-state index is -1.39. The van der Waals surface area contributed by atoms with Crippen molar-refractivity contribution in [3.63, 3.8) is 0 Å². The Labute approximate surface area is 248 Å². The van der Waals surface area contributed by atoms with Gasteiger partial charge in [-0.2, -0.15) is 5.01 Å². The summed E-state index contributed by atoms with van der Waals surface area (Å²) in [6.07, 6.45) is 2.54. The molecule has 3 aromatic rings. The van der Waals surface area contributed by atoms with Crippen LogP contribution >= 0.6 is 0 Å². The van der Waals surface area contributed by atoms with Gasteiger partial charge in [-0.15, -0.1) is 0 Å². The Kier molecular flexibility index (Phi) is 6.16. The van der Waals surface area contributed by atoms with Gasteiger partial charge in [0.1, 0.15) is 11.5 Å². The molecule has 9 nitrogen and oxygen atoms in total. The van der Waals surface area contributed by atoms with E-state index in [9.17, 15) is 19.5 Å². The van der Waals surface area contributed by atoms with Gasteiger partial charge in [0, 0.05) is 17.5 Å². The smallest absolute Gasteiger partial charge is 0.260 e. The third-order valence-corrected chi connectivity index (χ3v) is 9.76. The lowest BCUT2D eigenvalue weighted by atomic mass is 9.49. The Bertz CT molecular complexity index is 1700. The number of hydrogen-bond acceptors (Lipinski definition) is 7. The maximum absolute atomic E-state index is 15.0. The van der Waals surface area contributed by atoms with E-state index >= 15 is 4.79 Å². The molecule has 6 unspecified atom stereocenters. The molecule has 4 aliphatic rings. The number of aryl methyl sites for hydroxylation is 1. The highest BCUT2D eigenvalue weighted by Crippen LogP contribution is 2.64. The number of anilines is 1. The summed E-state index contributed by atoms with van der Waals surface area (Å²) >= 11 is 0. The monoisotopic (exact) mass is 577 g/mol. The van der Waals surface area contributed by atoms with Crippen LogP contribution in [0.3, 0.4) is 0 Å². The number of hydrogen-bond donors (Lipinski definition) is 3. The summed E-state index contributed by atoms with van der Waals surface area (Å²) in [5, 5.41) is 14.0. The summed E-state index contributed by atoms with van der Waals surface area (Å²) in [6.45, 7) is 1.96. The van der Waals surface area contributed by atoms with Gasteiger partial charge in [0.2, 0.25) is 11.8 Å². The predicted octanol–water partition coefficient (Wildman–Crippen LogP) is 3.98. The lowest BCUT2D eigenvalue weighted by molar-refractivity contribution is -0.138. The SMILES string of the molecule is COc1cc(O)ccc1C1C2=CCC3C(=O)NC(=O)C3C2CC2C(=O)N(Nc3ccc(C)cc3)C(=O)C21c1ccccc1. The minimum absolute atomic E-state index is 0.00628. The first kappa shape index (κ1) is 26.9. The Hall–Kier alpha value is -4.92. The maximum Gasteiger partial charge on any atom is 0.260 e. The van der Waals surface area contributed by atoms with Crippen LogP contribution in [-0.2, 0) is 24.6 Å². The molecule has 0 spiro atoms. The molecular weight excluding hydrogens is 546 g/mol. The number of phenolic OH excluding ortho intramolecular Hbond substituents is 1. The van der Waals surface area contributed by atoms with Gasteiger partial charge in [0.15, 0.2) is 0 Å². The lowest BCUT2D eigenvalue weighted by Crippen LogP contribution is -2.53. The second kappa shape index (κ2) is 9.83. The Morgan fingerprint density at radius 2 is 1.70 bits per heavy atom. The van der Waals surface area contributed by atoms with Crippen molar-refractivity contribution in [2.45, 2.75) is 31.1 Å². The van der Waals surface area contributed by atoms with Crippen LogP contribution in [0.25, 0.3) is 0 Å². The van der Waals surface area contributed by atoms with Crippen LogP contribution in [0.15, 0.2) is 84.4 Å². The van der Waals surface area contributed by atoms with Gasteiger partial charge in [0.25, 0.3) is 11.8 Å². The van der Waals surface area contributed by atoms with E-state index in [1.807, 2.05) is 67.6 Å². The zero-order valence-corrected chi connectivity index (χ0v) is 23.7. The zero-order valence-electron chi connectivity index (χ0n) is 23.7. The molecule has 9 heteroatoms. The molecule has 0 aromatic heterocycles. The summed E-state index contributed by atoms with van der Waals surface area (Å²) < 4.78 is 5.76. The second-order valence-electron chi connectivity index (χ2n) is 11.9. The zero-order chi connectivity index (χ0) is 30.0. The molecule has 2 aliphatic carbocycles. The number of hydrazine groups is 1. The number of nitrogens with one attached hydrogen (secondary N) is 2. The van der Waals surface area contributed by atoms with E-state index in [0.29, 0.717) is 29.0 Å². The van der Waals surface area contributed by atoms with Crippen LogP contribution in [-0.4, -0.2) is 40.9 Å². The van der Waals surface area contributed by atoms with Crippen LogP contribution in [0.5, 0.6) is 11.5 Å². The molecule has 6 atom stereocenters. The van der Waals surface area contributed by atoms with Crippen molar-refractivity contribution in [3.05, 3.63) is 101 Å². The number of allylic oxidation sites excluding steroid dienone is 2. The highest BCUT2D eigenvalue weighted by Gasteiger charge is 2.70. The molecule has 2 aliphatic heterocycles. The molecule has 3 aromatic carbocycles. The number of methoxy groups -OCH3 is 1. The highest BCUT2D eigenvalue weighted by molar-refractivity contribution is 6.13. The topological polar surface area (TPSA) is 125 Å². The van der Waals surface area contributed by atoms with E-state index in [0.717, 1.165) is 16.1 Å². The van der Waals surface area contributed by atoms with Gasteiger partial charge >= 0.3 is 0 Å². The van der Waals surface area contributed by atoms with E-state index < -0.39 is 46.8 Å². The summed E-state index contributed by atoms with van der Waals surface area (Å²) in [5.74, 6) is -4.31. The van der Waals surface area contributed by atoms with E-state index in [1.54, 1.807) is 6.07 Å². The molecule has 2 heterocycles. The minimum Gasteiger partial charge on any atom is -0.508 e. The predicted molar refractivity (Wildman–Crippen MR) is 157 cm³/mol. The van der Waals surface area contributed by atoms with Crippen LogP contribution in [0.2, 0.25) is 0 Å². The van der Waals surface area contributed by atoms with Gasteiger partial charge < -0.3 is 9.84 Å². The number of imide groups is 2. The van der Waals surface area contributed by atoms with Crippen molar-refractivity contribution in [1.82, 2.24) is 10.3 Å². The molecule has 0 radical (unpaired) electrons. The first-order valence-electron chi connectivity index (χ1n) is 14.4. The molecule has 0 bridgehead atoms. The van der Waals surface area contributed by atoms with Crippen molar-refractivity contribution in [2.75, 3.05) is 12.5 Å². The van der Waals surface area contributed by atoms with Crippen molar-refractivity contribution in [1.29, 1.82) is 0 Å². The van der Waals surface area contributed by atoms with E-state index in [4.69, 9.17) is 4.74 Å². The number of nitrogens with zero attached hydrogens (tertiary/aromatic N) is 1. The summed E-state index contributed by atoms with van der Waals surface area (Å²) in [4.78, 5) is 55.4. The molecule has 3 fully saturated rings. The summed E-state index contributed by atoms with van der Waals surface area (Å²) in [7, 11) is 1.49. The molecule has 3 N–H and O–H groups in total. The standard InChI is InChI=1S/C34H31N3O6/c1-18-8-10-20(11-9-18)36-37-32(41)26-17-25-22(14-15-24-28(25)31(40)35-30(24)39)29(23-13-12-21(38)16-27(23)43-2)34(26,33(37)42)19-6-4-3-5-7-19/h3-14,16,24-26,28-29,36,38H,15,17H2,1-2H3,(H,35,39,40). The molecule has 2 saturated heterocycles. The number of rotatable bonds is 5. The van der Waals surface area contributed by atoms with Crippen molar-refractivity contribution in [3.8, 4) is 11.5 Å². The average molecular weight is 578 g/mol. The number of carbonyl (C=O) groups is 4. The number of ether oxygens (including phenoxy) is 1. The summed E-state index contributed by atoms with van der Waals surface area (Å²) in [6, 6.07) is 21.5. The molecule has 218 valence electrons. The molecule has 7 rings (SSSR count). The molecular formula is C34H31N3O6. The first-order chi connectivity index (χ1) is 20.7. The van der Waals surface area contributed by atoms with Crippen molar-refractivity contribution < 1.29 is 29.0 Å². The number of amides is 4. The van der Waals surface area contributed by atoms with Gasteiger partial charge in [0.05, 0.1) is 36.0 Å². The molecule has 4 amide bonds. The van der Waals surface area contributed by atoms with Crippen molar-refractivity contribution >= 4 is 29.3 Å². The third kappa shape index (κ3) is 3.84. The van der Waals surface area contributed by atoms with Crippen LogP contribution in [0.4, 0.5) is 5.69 Å². The van der Waals surface area contributed by atoms with E-state index in [2.05, 4.69) is 10.7 Å². The van der Waals surface area contributed by atoms with E-state index in [-0.39, 0.29) is 24.0 Å². The molecule has 1 saturated carbocycles. The van der Waals surface area contributed by atoms with Gasteiger partial charge in [-0.05, 0) is 49.4 Å². The van der Waals surface area contributed by atoms with Crippen LogP contribution < -0.4 is 15.5 Å². The Morgan fingerprint density at radius 1 is 0.953 bits per heavy atom. The number of phenols is 1. The quantitative estimate of drug-likeness (QED) is 0.310. The number of aromatic hydroxyl groups is 1. The fraction of sp³-hybridized carbons (Fsp3) is 0.294.